The number of carbonyl (C=O) groups excluding carboxylic acids is 2. The molecule has 3 rings (SSSR count). The molecular formula is C21H23ClN2O4S. The number of benzene rings is 2. The summed E-state index contributed by atoms with van der Waals surface area (Å²) in [6, 6.07) is 11.3. The van der Waals surface area contributed by atoms with Crippen molar-refractivity contribution in [3.63, 3.8) is 0 Å². The molecule has 8 heteroatoms. The molecule has 29 heavy (non-hydrogen) atoms. The normalized spacial score (nSPS) is 12.3. The fourth-order valence-corrected chi connectivity index (χ4v) is 3.71. The van der Waals surface area contributed by atoms with Crippen LogP contribution in [0.5, 0.6) is 11.5 Å². The van der Waals surface area contributed by atoms with E-state index in [1.165, 1.54) is 11.8 Å². The molecule has 0 aromatic heterocycles. The first-order chi connectivity index (χ1) is 14.0. The van der Waals surface area contributed by atoms with Crippen molar-refractivity contribution in [3.05, 3.63) is 52.5 Å². The zero-order chi connectivity index (χ0) is 20.6. The Kier molecular flexibility index (Phi) is 7.66. The topological polar surface area (TPSA) is 76.7 Å². The summed E-state index contributed by atoms with van der Waals surface area (Å²) in [5.41, 5.74) is 2.85. The summed E-state index contributed by atoms with van der Waals surface area (Å²) in [5, 5.41) is 6.18. The molecule has 1 aliphatic rings. The lowest BCUT2D eigenvalue weighted by atomic mass is 10.1. The molecule has 2 aromatic carbocycles. The Balaban J connectivity index is 1.34. The van der Waals surface area contributed by atoms with E-state index in [9.17, 15) is 9.59 Å². The fourth-order valence-electron chi connectivity index (χ4n) is 2.78. The van der Waals surface area contributed by atoms with Crippen LogP contribution in [-0.4, -0.2) is 43.1 Å². The number of hydrogen-bond donors (Lipinski definition) is 2. The first-order valence-corrected chi connectivity index (χ1v) is 10.8. The van der Waals surface area contributed by atoms with Crippen molar-refractivity contribution in [3.8, 4) is 11.5 Å². The summed E-state index contributed by atoms with van der Waals surface area (Å²) >= 11 is 7.50. The average Bonchev–Trinajstić information content (AvgIpc) is 2.70. The van der Waals surface area contributed by atoms with Gasteiger partial charge in [-0.3, -0.25) is 9.59 Å². The molecule has 0 bridgehead atoms. The Hall–Kier alpha value is -2.38. The van der Waals surface area contributed by atoms with Gasteiger partial charge in [0, 0.05) is 12.2 Å². The Bertz CT molecular complexity index is 874. The molecule has 0 radical (unpaired) electrons. The highest BCUT2D eigenvalue weighted by molar-refractivity contribution is 8.00. The summed E-state index contributed by atoms with van der Waals surface area (Å²) in [4.78, 5) is 23.9. The van der Waals surface area contributed by atoms with Gasteiger partial charge in [0.2, 0.25) is 11.8 Å². The number of ether oxygens (including phenoxy) is 2. The van der Waals surface area contributed by atoms with Crippen molar-refractivity contribution in [2.75, 3.05) is 36.6 Å². The van der Waals surface area contributed by atoms with Crippen molar-refractivity contribution < 1.29 is 19.1 Å². The van der Waals surface area contributed by atoms with Crippen molar-refractivity contribution in [1.29, 1.82) is 0 Å². The summed E-state index contributed by atoms with van der Waals surface area (Å²) < 4.78 is 11.1. The minimum absolute atomic E-state index is 0.109. The Morgan fingerprint density at radius 1 is 1.07 bits per heavy atom. The molecule has 0 saturated carbocycles. The van der Waals surface area contributed by atoms with E-state index in [1.807, 2.05) is 43.3 Å². The second-order valence-corrected chi connectivity index (χ2v) is 8.00. The predicted octanol–water partition coefficient (Wildman–Crippen LogP) is 3.45. The third-order valence-electron chi connectivity index (χ3n) is 4.19. The second kappa shape index (κ2) is 10.4. The molecule has 1 aliphatic heterocycles. The summed E-state index contributed by atoms with van der Waals surface area (Å²) in [5.74, 6) is 1.42. The maximum atomic E-state index is 12.0. The second-order valence-electron chi connectivity index (χ2n) is 6.61. The van der Waals surface area contributed by atoms with Gasteiger partial charge in [0.1, 0.15) is 13.2 Å². The zero-order valence-corrected chi connectivity index (χ0v) is 17.7. The number of hydrogen-bond acceptors (Lipinski definition) is 5. The van der Waals surface area contributed by atoms with Crippen LogP contribution in [0.3, 0.4) is 0 Å². The van der Waals surface area contributed by atoms with Crippen LogP contribution in [0, 0.1) is 6.92 Å². The van der Waals surface area contributed by atoms with Crippen molar-refractivity contribution in [1.82, 2.24) is 5.32 Å². The van der Waals surface area contributed by atoms with E-state index in [0.29, 0.717) is 42.7 Å². The van der Waals surface area contributed by atoms with Crippen molar-refractivity contribution in [2.45, 2.75) is 13.3 Å². The van der Waals surface area contributed by atoms with Crippen molar-refractivity contribution in [2.24, 2.45) is 0 Å². The number of halogens is 1. The molecule has 6 nitrogen and oxygen atoms in total. The highest BCUT2D eigenvalue weighted by atomic mass is 35.5. The molecule has 1 heterocycles. The van der Waals surface area contributed by atoms with Crippen molar-refractivity contribution >= 4 is 40.9 Å². The number of amides is 2. The smallest absolute Gasteiger partial charge is 0.234 e. The van der Waals surface area contributed by atoms with Crippen LogP contribution >= 0.6 is 23.4 Å². The number of carbonyl (C=O) groups is 2. The van der Waals surface area contributed by atoms with Gasteiger partial charge in [-0.1, -0.05) is 29.3 Å². The number of nitrogens with one attached hydrogen (secondary N) is 2. The lowest BCUT2D eigenvalue weighted by molar-refractivity contribution is -0.118. The zero-order valence-electron chi connectivity index (χ0n) is 16.1. The van der Waals surface area contributed by atoms with Crippen LogP contribution in [0.2, 0.25) is 5.02 Å². The number of rotatable bonds is 8. The number of aryl methyl sites for hydroxylation is 1. The van der Waals surface area contributed by atoms with Gasteiger partial charge in [-0.05, 0) is 43.2 Å². The Labute approximate surface area is 179 Å². The molecule has 2 N–H and O–H groups in total. The van der Waals surface area contributed by atoms with Crippen LogP contribution in [0.1, 0.15) is 11.1 Å². The summed E-state index contributed by atoms with van der Waals surface area (Å²) in [6.07, 6.45) is 0.626. The maximum Gasteiger partial charge on any atom is 0.234 e. The van der Waals surface area contributed by atoms with Gasteiger partial charge in [-0.2, -0.15) is 0 Å². The SMILES string of the molecule is Cc1ccc(NC(=O)CSCC(=O)NCCc2cc(Cl)c3c(c2)OCCO3)cc1. The first-order valence-electron chi connectivity index (χ1n) is 9.30. The largest absolute Gasteiger partial charge is 0.486 e. The molecule has 2 aromatic rings. The van der Waals surface area contributed by atoms with Gasteiger partial charge in [-0.15, -0.1) is 11.8 Å². The molecule has 154 valence electrons. The highest BCUT2D eigenvalue weighted by Gasteiger charge is 2.16. The summed E-state index contributed by atoms with van der Waals surface area (Å²) in [7, 11) is 0. The standard InChI is InChI=1S/C21H23ClN2O4S/c1-14-2-4-16(5-3-14)24-20(26)13-29-12-19(25)23-7-6-15-10-17(22)21-18(11-15)27-8-9-28-21/h2-5,10-11H,6-9,12-13H2,1H3,(H,23,25)(H,24,26). The third-order valence-corrected chi connectivity index (χ3v) is 5.41. The van der Waals surface area contributed by atoms with Crippen LogP contribution < -0.4 is 20.1 Å². The first kappa shape index (κ1) is 21.3. The Morgan fingerprint density at radius 3 is 2.59 bits per heavy atom. The van der Waals surface area contributed by atoms with E-state index in [1.54, 1.807) is 0 Å². The lowest BCUT2D eigenvalue weighted by Crippen LogP contribution is -2.28. The molecule has 0 spiro atoms. The van der Waals surface area contributed by atoms with Crippen LogP contribution in [0.4, 0.5) is 5.69 Å². The molecule has 0 unspecified atom stereocenters. The quantitative estimate of drug-likeness (QED) is 0.665. The monoisotopic (exact) mass is 434 g/mol. The van der Waals surface area contributed by atoms with E-state index < -0.39 is 0 Å². The minimum Gasteiger partial charge on any atom is -0.486 e. The van der Waals surface area contributed by atoms with E-state index in [2.05, 4.69) is 10.6 Å². The third kappa shape index (κ3) is 6.58. The van der Waals surface area contributed by atoms with Gasteiger partial charge in [-0.25, -0.2) is 0 Å². The molecular weight excluding hydrogens is 412 g/mol. The van der Waals surface area contributed by atoms with Crippen LogP contribution in [-0.2, 0) is 16.0 Å². The van der Waals surface area contributed by atoms with Gasteiger partial charge in [0.25, 0.3) is 0 Å². The van der Waals surface area contributed by atoms with Gasteiger partial charge < -0.3 is 20.1 Å². The van der Waals surface area contributed by atoms with Gasteiger partial charge >= 0.3 is 0 Å². The highest BCUT2D eigenvalue weighted by Crippen LogP contribution is 2.38. The predicted molar refractivity (Wildman–Crippen MR) is 116 cm³/mol. The molecule has 0 atom stereocenters. The number of fused-ring (bicyclic) bond motifs is 1. The minimum atomic E-state index is -0.127. The van der Waals surface area contributed by atoms with Crippen LogP contribution in [0.15, 0.2) is 36.4 Å². The van der Waals surface area contributed by atoms with E-state index in [-0.39, 0.29) is 23.3 Å². The van der Waals surface area contributed by atoms with Gasteiger partial charge in [0.15, 0.2) is 11.5 Å². The fraction of sp³-hybridized carbons (Fsp3) is 0.333. The van der Waals surface area contributed by atoms with E-state index in [4.69, 9.17) is 21.1 Å². The maximum absolute atomic E-state index is 12.0. The van der Waals surface area contributed by atoms with Gasteiger partial charge in [0.05, 0.1) is 16.5 Å². The number of thioether (sulfide) groups is 1. The van der Waals surface area contributed by atoms with E-state index >= 15 is 0 Å². The summed E-state index contributed by atoms with van der Waals surface area (Å²) in [6.45, 7) is 3.45. The van der Waals surface area contributed by atoms with E-state index in [0.717, 1.165) is 16.8 Å². The Morgan fingerprint density at radius 2 is 1.79 bits per heavy atom. The molecule has 0 saturated heterocycles. The lowest BCUT2D eigenvalue weighted by Gasteiger charge is -2.20. The molecule has 0 fully saturated rings. The van der Waals surface area contributed by atoms with Crippen LogP contribution in [0.25, 0.3) is 0 Å². The molecule has 0 aliphatic carbocycles. The number of anilines is 1. The average molecular weight is 435 g/mol. The molecule has 2 amide bonds.